The van der Waals surface area contributed by atoms with Gasteiger partial charge in [0, 0.05) is 6.42 Å². The van der Waals surface area contributed by atoms with Crippen molar-refractivity contribution in [3.63, 3.8) is 0 Å². The molecule has 0 spiro atoms. The normalized spacial score (nSPS) is 17.9. The summed E-state index contributed by atoms with van der Waals surface area (Å²) in [5, 5.41) is 0. The highest BCUT2D eigenvalue weighted by Gasteiger charge is 2.12. The molecule has 0 N–H and O–H groups in total. The second-order valence-electron chi connectivity index (χ2n) is 4.35. The Labute approximate surface area is 97.2 Å². The fourth-order valence-corrected chi connectivity index (χ4v) is 2.26. The van der Waals surface area contributed by atoms with Crippen LogP contribution >= 0.6 is 0 Å². The molecule has 1 aliphatic carbocycles. The lowest BCUT2D eigenvalue weighted by atomic mass is 9.97. The van der Waals surface area contributed by atoms with Crippen LogP contribution in [0.25, 0.3) is 5.57 Å². The highest BCUT2D eigenvalue weighted by Crippen LogP contribution is 2.29. The minimum absolute atomic E-state index is 0.242. The average Bonchev–Trinajstić information content (AvgIpc) is 2.52. The standard InChI is InChI=1S/C15H18O/c1-2-14(16)11-13-9-4-3-7-12-8-5-6-10-15(12)13/h5-6,8,10-11H,2-4,7,9H2,1H3. The Hall–Kier alpha value is -1.37. The third-order valence-corrected chi connectivity index (χ3v) is 3.19. The molecule has 0 atom stereocenters. The van der Waals surface area contributed by atoms with Gasteiger partial charge >= 0.3 is 0 Å². The topological polar surface area (TPSA) is 17.1 Å². The molecule has 16 heavy (non-hydrogen) atoms. The van der Waals surface area contributed by atoms with Crippen molar-refractivity contribution in [1.29, 1.82) is 0 Å². The predicted molar refractivity (Wildman–Crippen MR) is 67.3 cm³/mol. The molecule has 1 aliphatic rings. The maximum absolute atomic E-state index is 11.5. The number of carbonyl (C=O) groups excluding carboxylic acids is 1. The lowest BCUT2D eigenvalue weighted by Crippen LogP contribution is -1.94. The van der Waals surface area contributed by atoms with Gasteiger partial charge in [-0.3, -0.25) is 4.79 Å². The average molecular weight is 214 g/mol. The molecule has 1 aromatic rings. The van der Waals surface area contributed by atoms with Gasteiger partial charge in [-0.05, 0) is 48.5 Å². The van der Waals surface area contributed by atoms with Gasteiger partial charge in [0.15, 0.2) is 5.78 Å². The fourth-order valence-electron chi connectivity index (χ4n) is 2.26. The lowest BCUT2D eigenvalue weighted by molar-refractivity contribution is -0.114. The maximum atomic E-state index is 11.5. The molecule has 1 heteroatoms. The van der Waals surface area contributed by atoms with Crippen LogP contribution < -0.4 is 0 Å². The Morgan fingerprint density at radius 2 is 2.00 bits per heavy atom. The summed E-state index contributed by atoms with van der Waals surface area (Å²) in [6, 6.07) is 8.48. The number of carbonyl (C=O) groups is 1. The first-order valence-electron chi connectivity index (χ1n) is 6.13. The van der Waals surface area contributed by atoms with E-state index in [-0.39, 0.29) is 5.78 Å². The third kappa shape index (κ3) is 2.41. The first-order valence-corrected chi connectivity index (χ1v) is 6.13. The van der Waals surface area contributed by atoms with E-state index in [2.05, 4.69) is 24.3 Å². The molecule has 0 fully saturated rings. The van der Waals surface area contributed by atoms with Crippen molar-refractivity contribution in [2.45, 2.75) is 39.0 Å². The molecule has 0 aromatic heterocycles. The number of fused-ring (bicyclic) bond motifs is 1. The zero-order chi connectivity index (χ0) is 11.4. The Bertz CT molecular complexity index is 415. The molecular formula is C15H18O. The van der Waals surface area contributed by atoms with Crippen molar-refractivity contribution in [3.05, 3.63) is 41.5 Å². The smallest absolute Gasteiger partial charge is 0.155 e. The number of aryl methyl sites for hydroxylation is 1. The van der Waals surface area contributed by atoms with Gasteiger partial charge in [-0.2, -0.15) is 0 Å². The van der Waals surface area contributed by atoms with Gasteiger partial charge in [-0.25, -0.2) is 0 Å². The first kappa shape index (κ1) is 11.1. The van der Waals surface area contributed by atoms with Crippen LogP contribution in [0, 0.1) is 0 Å². The summed E-state index contributed by atoms with van der Waals surface area (Å²) < 4.78 is 0. The molecular weight excluding hydrogens is 196 g/mol. The van der Waals surface area contributed by atoms with Gasteiger partial charge in [-0.15, -0.1) is 0 Å². The van der Waals surface area contributed by atoms with Gasteiger partial charge in [0.2, 0.25) is 0 Å². The van der Waals surface area contributed by atoms with Crippen LogP contribution in [0.15, 0.2) is 30.3 Å². The van der Waals surface area contributed by atoms with Crippen molar-refractivity contribution in [2.24, 2.45) is 0 Å². The van der Waals surface area contributed by atoms with E-state index in [9.17, 15) is 4.79 Å². The minimum atomic E-state index is 0.242. The van der Waals surface area contributed by atoms with E-state index in [1.54, 1.807) is 0 Å². The molecule has 1 aromatic carbocycles. The number of ketones is 1. The first-order chi connectivity index (χ1) is 7.81. The third-order valence-electron chi connectivity index (χ3n) is 3.19. The number of allylic oxidation sites excluding steroid dienone is 2. The summed E-state index contributed by atoms with van der Waals surface area (Å²) in [5.41, 5.74) is 3.93. The van der Waals surface area contributed by atoms with E-state index in [0.29, 0.717) is 6.42 Å². The summed E-state index contributed by atoms with van der Waals surface area (Å²) in [6.07, 6.45) is 7.07. The van der Waals surface area contributed by atoms with E-state index in [4.69, 9.17) is 0 Å². The van der Waals surface area contributed by atoms with Gasteiger partial charge in [0.25, 0.3) is 0 Å². The minimum Gasteiger partial charge on any atom is -0.295 e. The van der Waals surface area contributed by atoms with Crippen molar-refractivity contribution in [1.82, 2.24) is 0 Å². The zero-order valence-electron chi connectivity index (χ0n) is 9.83. The molecule has 0 bridgehead atoms. The highest BCUT2D eigenvalue weighted by atomic mass is 16.1. The maximum Gasteiger partial charge on any atom is 0.155 e. The van der Waals surface area contributed by atoms with Gasteiger partial charge in [0.1, 0.15) is 0 Å². The molecule has 0 heterocycles. The number of rotatable bonds is 2. The van der Waals surface area contributed by atoms with Gasteiger partial charge < -0.3 is 0 Å². The van der Waals surface area contributed by atoms with E-state index >= 15 is 0 Å². The monoisotopic (exact) mass is 214 g/mol. The number of benzene rings is 1. The number of hydrogen-bond acceptors (Lipinski definition) is 1. The molecule has 0 unspecified atom stereocenters. The van der Waals surface area contributed by atoms with Crippen molar-refractivity contribution < 1.29 is 4.79 Å². The molecule has 0 amide bonds. The van der Waals surface area contributed by atoms with Crippen molar-refractivity contribution in [2.75, 3.05) is 0 Å². The van der Waals surface area contributed by atoms with Crippen LogP contribution in [0.1, 0.15) is 43.7 Å². The molecule has 0 aliphatic heterocycles. The van der Waals surface area contributed by atoms with Crippen LogP contribution in [0.2, 0.25) is 0 Å². The Morgan fingerprint density at radius 1 is 1.25 bits per heavy atom. The van der Waals surface area contributed by atoms with Gasteiger partial charge in [0.05, 0.1) is 0 Å². The molecule has 0 saturated carbocycles. The summed E-state index contributed by atoms with van der Waals surface area (Å²) >= 11 is 0. The molecule has 84 valence electrons. The predicted octanol–water partition coefficient (Wildman–Crippen LogP) is 3.78. The Kier molecular flexibility index (Phi) is 3.55. The molecule has 0 radical (unpaired) electrons. The highest BCUT2D eigenvalue weighted by molar-refractivity contribution is 5.96. The quantitative estimate of drug-likeness (QED) is 0.541. The van der Waals surface area contributed by atoms with Gasteiger partial charge in [-0.1, -0.05) is 31.2 Å². The van der Waals surface area contributed by atoms with Crippen molar-refractivity contribution >= 4 is 11.4 Å². The van der Waals surface area contributed by atoms with E-state index < -0.39 is 0 Å². The van der Waals surface area contributed by atoms with Crippen molar-refractivity contribution in [3.8, 4) is 0 Å². The van der Waals surface area contributed by atoms with Crippen LogP contribution in [0.4, 0.5) is 0 Å². The zero-order valence-corrected chi connectivity index (χ0v) is 9.83. The lowest BCUT2D eigenvalue weighted by Gasteiger charge is -2.07. The Balaban J connectivity index is 2.40. The largest absolute Gasteiger partial charge is 0.295 e. The molecule has 2 rings (SSSR count). The second kappa shape index (κ2) is 5.11. The molecule has 0 saturated heterocycles. The fraction of sp³-hybridized carbons (Fsp3) is 0.400. The summed E-state index contributed by atoms with van der Waals surface area (Å²) in [4.78, 5) is 11.5. The molecule has 1 nitrogen and oxygen atoms in total. The van der Waals surface area contributed by atoms with Crippen LogP contribution in [0.3, 0.4) is 0 Å². The number of hydrogen-bond donors (Lipinski definition) is 0. The second-order valence-corrected chi connectivity index (χ2v) is 4.35. The summed E-state index contributed by atoms with van der Waals surface area (Å²) in [5.74, 6) is 0.242. The Morgan fingerprint density at radius 3 is 2.81 bits per heavy atom. The SMILES string of the molecule is CCC(=O)C=C1CCCCc2ccccc21. The van der Waals surface area contributed by atoms with Crippen LogP contribution in [-0.2, 0) is 11.2 Å². The summed E-state index contributed by atoms with van der Waals surface area (Å²) in [6.45, 7) is 1.92. The van der Waals surface area contributed by atoms with Crippen LogP contribution in [-0.4, -0.2) is 5.78 Å². The van der Waals surface area contributed by atoms with Crippen LogP contribution in [0.5, 0.6) is 0 Å². The summed E-state index contributed by atoms with van der Waals surface area (Å²) in [7, 11) is 0. The van der Waals surface area contributed by atoms with E-state index in [1.165, 1.54) is 29.5 Å². The van der Waals surface area contributed by atoms with E-state index in [1.807, 2.05) is 13.0 Å². The van der Waals surface area contributed by atoms with E-state index in [0.717, 1.165) is 12.8 Å².